The maximum atomic E-state index is 13.3. The first-order chi connectivity index (χ1) is 13.6. The van der Waals surface area contributed by atoms with Gasteiger partial charge in [-0.2, -0.15) is 0 Å². The molecule has 2 atom stereocenters. The summed E-state index contributed by atoms with van der Waals surface area (Å²) in [5.74, 6) is -0.0298. The van der Waals surface area contributed by atoms with Gasteiger partial charge in [0.05, 0.1) is 5.92 Å². The van der Waals surface area contributed by atoms with Gasteiger partial charge >= 0.3 is 6.03 Å². The Kier molecular flexibility index (Phi) is 9.49. The summed E-state index contributed by atoms with van der Waals surface area (Å²) >= 11 is 0. The fourth-order valence-corrected chi connectivity index (χ4v) is 4.65. The molecule has 3 aliphatic heterocycles. The monoisotopic (exact) mass is 429 g/mol. The van der Waals surface area contributed by atoms with Crippen molar-refractivity contribution in [2.75, 3.05) is 45.8 Å². The van der Waals surface area contributed by atoms with E-state index in [4.69, 9.17) is 5.73 Å². The minimum atomic E-state index is -0.124. The second kappa shape index (κ2) is 11.6. The van der Waals surface area contributed by atoms with Gasteiger partial charge in [0.1, 0.15) is 0 Å². The first-order valence-corrected chi connectivity index (χ1v) is 10.9. The third-order valence-electron chi connectivity index (χ3n) is 6.23. The van der Waals surface area contributed by atoms with Gasteiger partial charge < -0.3 is 25.8 Å². The highest BCUT2D eigenvalue weighted by molar-refractivity contribution is 5.85. The van der Waals surface area contributed by atoms with E-state index < -0.39 is 0 Å². The van der Waals surface area contributed by atoms with Gasteiger partial charge in [-0.25, -0.2) is 4.79 Å². The van der Waals surface area contributed by atoms with Gasteiger partial charge in [0.25, 0.3) is 0 Å². The summed E-state index contributed by atoms with van der Waals surface area (Å²) in [6.07, 6.45) is 7.18. The Morgan fingerprint density at radius 2 is 1.59 bits per heavy atom. The van der Waals surface area contributed by atoms with Gasteiger partial charge in [-0.05, 0) is 44.9 Å². The van der Waals surface area contributed by atoms with Gasteiger partial charge in [0.2, 0.25) is 11.8 Å². The molecule has 3 N–H and O–H groups in total. The van der Waals surface area contributed by atoms with E-state index in [9.17, 15) is 14.4 Å². The number of carbonyl (C=O) groups is 3. The average molecular weight is 430 g/mol. The molecule has 29 heavy (non-hydrogen) atoms. The van der Waals surface area contributed by atoms with Crippen LogP contribution in [0.3, 0.4) is 0 Å². The molecule has 3 fully saturated rings. The first kappa shape index (κ1) is 23.7. The lowest BCUT2D eigenvalue weighted by Crippen LogP contribution is -2.55. The van der Waals surface area contributed by atoms with Crippen LogP contribution in [0, 0.1) is 5.92 Å². The minimum Gasteiger partial charge on any atom is -0.354 e. The van der Waals surface area contributed by atoms with E-state index in [-0.39, 0.29) is 42.2 Å². The quantitative estimate of drug-likeness (QED) is 0.685. The Morgan fingerprint density at radius 3 is 2.31 bits per heavy atom. The highest BCUT2D eigenvalue weighted by Gasteiger charge is 2.36. The topological polar surface area (TPSA) is 99.0 Å². The number of nitrogens with two attached hydrogens (primary N) is 1. The second-order valence-electron chi connectivity index (χ2n) is 8.29. The number of hydrogen-bond donors (Lipinski definition) is 2. The summed E-state index contributed by atoms with van der Waals surface area (Å²) < 4.78 is 0. The number of nitrogens with one attached hydrogen (secondary N) is 1. The van der Waals surface area contributed by atoms with E-state index in [0.717, 1.165) is 71.1 Å². The predicted molar refractivity (Wildman–Crippen MR) is 114 cm³/mol. The Labute approximate surface area is 179 Å². The molecule has 0 spiro atoms. The van der Waals surface area contributed by atoms with Gasteiger partial charge in [0.15, 0.2) is 0 Å². The lowest BCUT2D eigenvalue weighted by atomic mass is 9.93. The molecule has 0 aromatic rings. The third kappa shape index (κ3) is 6.22. The molecule has 0 bridgehead atoms. The molecule has 3 heterocycles. The van der Waals surface area contributed by atoms with Gasteiger partial charge in [0, 0.05) is 58.3 Å². The molecule has 3 aliphatic rings. The Balaban J connectivity index is 0.00000300. The molecule has 0 aliphatic carbocycles. The van der Waals surface area contributed by atoms with Crippen LogP contribution in [-0.4, -0.2) is 84.4 Å². The number of likely N-dealkylation sites (tertiary alicyclic amines) is 3. The van der Waals surface area contributed by atoms with Crippen molar-refractivity contribution in [3.05, 3.63) is 0 Å². The summed E-state index contributed by atoms with van der Waals surface area (Å²) in [6.45, 7) is 4.52. The van der Waals surface area contributed by atoms with E-state index in [1.54, 1.807) is 0 Å². The molecule has 4 amide bonds. The van der Waals surface area contributed by atoms with Crippen LogP contribution in [0.2, 0.25) is 0 Å². The van der Waals surface area contributed by atoms with Crippen LogP contribution < -0.4 is 11.1 Å². The number of urea groups is 1. The van der Waals surface area contributed by atoms with Gasteiger partial charge in [-0.3, -0.25) is 9.59 Å². The van der Waals surface area contributed by atoms with Crippen molar-refractivity contribution in [3.63, 3.8) is 0 Å². The number of hydrogen-bond acceptors (Lipinski definition) is 4. The Morgan fingerprint density at radius 1 is 0.897 bits per heavy atom. The highest BCUT2D eigenvalue weighted by Crippen LogP contribution is 2.25. The number of carbonyl (C=O) groups excluding carboxylic acids is 3. The largest absolute Gasteiger partial charge is 0.354 e. The predicted octanol–water partition coefficient (Wildman–Crippen LogP) is 1.18. The van der Waals surface area contributed by atoms with Crippen molar-refractivity contribution in [2.24, 2.45) is 11.7 Å². The molecule has 2 unspecified atom stereocenters. The van der Waals surface area contributed by atoms with E-state index in [2.05, 4.69) is 5.32 Å². The van der Waals surface area contributed by atoms with Crippen LogP contribution in [0.25, 0.3) is 0 Å². The zero-order valence-electron chi connectivity index (χ0n) is 17.3. The maximum absolute atomic E-state index is 13.3. The molecule has 0 aromatic heterocycles. The number of amides is 4. The van der Waals surface area contributed by atoms with E-state index in [1.165, 1.54) is 0 Å². The molecule has 0 saturated carbocycles. The molecule has 0 aromatic carbocycles. The van der Waals surface area contributed by atoms with Crippen LogP contribution in [0.15, 0.2) is 0 Å². The molecule has 0 radical (unpaired) electrons. The molecule has 3 saturated heterocycles. The fourth-order valence-electron chi connectivity index (χ4n) is 4.65. The van der Waals surface area contributed by atoms with Crippen LogP contribution in [0.4, 0.5) is 4.79 Å². The van der Waals surface area contributed by atoms with E-state index in [1.807, 2.05) is 14.7 Å². The zero-order valence-corrected chi connectivity index (χ0v) is 18.1. The smallest absolute Gasteiger partial charge is 0.320 e. The van der Waals surface area contributed by atoms with Crippen LogP contribution >= 0.6 is 12.4 Å². The lowest BCUT2D eigenvalue weighted by Gasteiger charge is -2.41. The standard InChI is InChI=1S/C20H35N5O3.ClH/c21-9-8-18(26)22-14-17-7-1-2-13-25(17)19(27)16-6-5-12-24(15-16)20(28)23-10-3-4-11-23;/h16-17H,1-15,21H2,(H,22,26);1H. The number of halogens is 1. The lowest BCUT2D eigenvalue weighted by molar-refractivity contribution is -0.141. The number of piperidine rings is 2. The maximum Gasteiger partial charge on any atom is 0.320 e. The first-order valence-electron chi connectivity index (χ1n) is 10.9. The van der Waals surface area contributed by atoms with Crippen LogP contribution in [0.1, 0.15) is 51.4 Å². The highest BCUT2D eigenvalue weighted by atomic mass is 35.5. The molecule has 9 heteroatoms. The van der Waals surface area contributed by atoms with Crippen molar-refractivity contribution in [2.45, 2.75) is 57.4 Å². The van der Waals surface area contributed by atoms with Gasteiger partial charge in [-0.15, -0.1) is 12.4 Å². The number of rotatable bonds is 5. The zero-order chi connectivity index (χ0) is 19.9. The number of nitrogens with zero attached hydrogens (tertiary/aromatic N) is 3. The summed E-state index contributed by atoms with van der Waals surface area (Å²) in [6, 6.07) is 0.145. The summed E-state index contributed by atoms with van der Waals surface area (Å²) in [5, 5.41) is 2.92. The summed E-state index contributed by atoms with van der Waals surface area (Å²) in [7, 11) is 0. The molecular weight excluding hydrogens is 394 g/mol. The normalized spacial score (nSPS) is 24.8. The molecule has 166 valence electrons. The molecule has 3 rings (SSSR count). The third-order valence-corrected chi connectivity index (χ3v) is 6.23. The van der Waals surface area contributed by atoms with Crippen molar-refractivity contribution < 1.29 is 14.4 Å². The molecular formula is C20H36ClN5O3. The Bertz CT molecular complexity index is 570. The summed E-state index contributed by atoms with van der Waals surface area (Å²) in [5.41, 5.74) is 5.43. The van der Waals surface area contributed by atoms with Crippen LogP contribution in [0.5, 0.6) is 0 Å². The fraction of sp³-hybridized carbons (Fsp3) is 0.850. The minimum absolute atomic E-state index is 0. The van der Waals surface area contributed by atoms with Crippen molar-refractivity contribution in [1.82, 2.24) is 20.0 Å². The van der Waals surface area contributed by atoms with E-state index >= 15 is 0 Å². The van der Waals surface area contributed by atoms with Gasteiger partial charge in [-0.1, -0.05) is 0 Å². The molecule has 8 nitrogen and oxygen atoms in total. The van der Waals surface area contributed by atoms with Crippen molar-refractivity contribution >= 4 is 30.3 Å². The van der Waals surface area contributed by atoms with E-state index in [0.29, 0.717) is 26.1 Å². The average Bonchev–Trinajstić information content (AvgIpc) is 3.26. The van der Waals surface area contributed by atoms with Crippen LogP contribution in [-0.2, 0) is 9.59 Å². The van der Waals surface area contributed by atoms with Crippen molar-refractivity contribution in [1.29, 1.82) is 0 Å². The van der Waals surface area contributed by atoms with Crippen molar-refractivity contribution in [3.8, 4) is 0 Å². The summed E-state index contributed by atoms with van der Waals surface area (Å²) in [4.78, 5) is 43.5. The Hall–Kier alpha value is -1.54. The SMILES string of the molecule is Cl.NCCC(=O)NCC1CCCCN1C(=O)C1CCCN(C(=O)N2CCCC2)C1. The second-order valence-corrected chi connectivity index (χ2v) is 8.29.